The fourth-order valence-corrected chi connectivity index (χ4v) is 3.12. The van der Waals surface area contributed by atoms with Gasteiger partial charge in [0.05, 0.1) is 6.04 Å². The van der Waals surface area contributed by atoms with E-state index in [1.807, 2.05) is 24.3 Å². The maximum absolute atomic E-state index is 12.3. The van der Waals surface area contributed by atoms with E-state index >= 15 is 0 Å². The van der Waals surface area contributed by atoms with Crippen LogP contribution >= 0.6 is 11.6 Å². The summed E-state index contributed by atoms with van der Waals surface area (Å²) in [6.07, 6.45) is 1.61. The summed E-state index contributed by atoms with van der Waals surface area (Å²) in [5, 5.41) is 3.62. The number of carbonyl (C=O) groups is 1. The molecule has 1 heterocycles. The van der Waals surface area contributed by atoms with Gasteiger partial charge in [-0.2, -0.15) is 0 Å². The van der Waals surface area contributed by atoms with Crippen LogP contribution < -0.4 is 10.9 Å². The summed E-state index contributed by atoms with van der Waals surface area (Å²) in [5.41, 5.74) is 0.800. The van der Waals surface area contributed by atoms with E-state index in [2.05, 4.69) is 24.1 Å². The lowest BCUT2D eigenvalue weighted by Crippen LogP contribution is -2.40. The molecular weight excluding hydrogens is 338 g/mol. The molecule has 6 heteroatoms. The highest BCUT2D eigenvalue weighted by molar-refractivity contribution is 6.31. The highest BCUT2D eigenvalue weighted by Gasteiger charge is 2.21. The Morgan fingerprint density at radius 3 is 2.48 bits per heavy atom. The molecule has 0 saturated carbocycles. The average molecular weight is 362 g/mol. The SMILES string of the molecule is CCN(CC)[C@H](CNC(=O)Cn1ccccc1=O)c1ccccc1Cl. The number of nitrogens with zero attached hydrogens (tertiary/aromatic N) is 2. The maximum atomic E-state index is 12.3. The van der Waals surface area contributed by atoms with Crippen LogP contribution in [0.3, 0.4) is 0 Å². The second kappa shape index (κ2) is 9.39. The van der Waals surface area contributed by atoms with Gasteiger partial charge in [0, 0.05) is 23.8 Å². The number of amides is 1. The van der Waals surface area contributed by atoms with Gasteiger partial charge in [-0.15, -0.1) is 0 Å². The van der Waals surface area contributed by atoms with Gasteiger partial charge in [0.15, 0.2) is 0 Å². The Balaban J connectivity index is 2.09. The molecule has 0 fully saturated rings. The molecule has 0 bridgehead atoms. The summed E-state index contributed by atoms with van der Waals surface area (Å²) in [6, 6.07) is 12.5. The predicted octanol–water partition coefficient (Wildman–Crippen LogP) is 2.70. The second-order valence-electron chi connectivity index (χ2n) is 5.73. The van der Waals surface area contributed by atoms with Gasteiger partial charge >= 0.3 is 0 Å². The summed E-state index contributed by atoms with van der Waals surface area (Å²) in [6.45, 7) is 6.30. The topological polar surface area (TPSA) is 54.3 Å². The van der Waals surface area contributed by atoms with Crippen molar-refractivity contribution in [2.24, 2.45) is 0 Å². The van der Waals surface area contributed by atoms with Gasteiger partial charge < -0.3 is 9.88 Å². The lowest BCUT2D eigenvalue weighted by atomic mass is 10.0. The molecule has 0 aliphatic carbocycles. The number of nitrogens with one attached hydrogen (secondary N) is 1. The van der Waals surface area contributed by atoms with Crippen LogP contribution in [0.5, 0.6) is 0 Å². The summed E-state index contributed by atoms with van der Waals surface area (Å²) in [7, 11) is 0. The molecule has 1 N–H and O–H groups in total. The smallest absolute Gasteiger partial charge is 0.250 e. The van der Waals surface area contributed by atoms with E-state index in [4.69, 9.17) is 11.6 Å². The van der Waals surface area contributed by atoms with Gasteiger partial charge in [0.25, 0.3) is 5.56 Å². The number of hydrogen-bond donors (Lipinski definition) is 1. The Hall–Kier alpha value is -2.11. The Morgan fingerprint density at radius 2 is 1.84 bits per heavy atom. The first-order valence-electron chi connectivity index (χ1n) is 8.47. The third-order valence-electron chi connectivity index (χ3n) is 4.22. The number of halogens is 1. The Kier molecular flexibility index (Phi) is 7.22. The Labute approximate surface area is 153 Å². The van der Waals surface area contributed by atoms with Crippen molar-refractivity contribution in [1.29, 1.82) is 0 Å². The number of pyridine rings is 1. The molecule has 2 aromatic rings. The quantitative estimate of drug-likeness (QED) is 0.786. The normalized spacial score (nSPS) is 12.2. The molecule has 134 valence electrons. The minimum absolute atomic E-state index is 0.00711. The van der Waals surface area contributed by atoms with Crippen molar-refractivity contribution in [2.45, 2.75) is 26.4 Å². The number of likely N-dealkylation sites (N-methyl/N-ethyl adjacent to an activating group) is 1. The summed E-state index contributed by atoms with van der Waals surface area (Å²) in [5.74, 6) is -0.197. The molecule has 0 aliphatic heterocycles. The summed E-state index contributed by atoms with van der Waals surface area (Å²) in [4.78, 5) is 26.2. The minimum atomic E-state index is -0.197. The van der Waals surface area contributed by atoms with Gasteiger partial charge in [0.1, 0.15) is 6.54 Å². The monoisotopic (exact) mass is 361 g/mol. The number of hydrogen-bond acceptors (Lipinski definition) is 3. The maximum Gasteiger partial charge on any atom is 0.250 e. The molecule has 1 aromatic heterocycles. The van der Waals surface area contributed by atoms with E-state index in [1.54, 1.807) is 18.3 Å². The zero-order chi connectivity index (χ0) is 18.2. The van der Waals surface area contributed by atoms with Crippen LogP contribution in [0.4, 0.5) is 0 Å². The molecule has 0 aliphatic rings. The second-order valence-corrected chi connectivity index (χ2v) is 6.14. The zero-order valence-electron chi connectivity index (χ0n) is 14.6. The predicted molar refractivity (Wildman–Crippen MR) is 101 cm³/mol. The van der Waals surface area contributed by atoms with Crippen molar-refractivity contribution < 1.29 is 4.79 Å². The van der Waals surface area contributed by atoms with Gasteiger partial charge in [-0.1, -0.05) is 49.7 Å². The van der Waals surface area contributed by atoms with Crippen LogP contribution in [-0.2, 0) is 11.3 Å². The third-order valence-corrected chi connectivity index (χ3v) is 4.57. The molecular formula is C19H24ClN3O2. The molecule has 0 unspecified atom stereocenters. The number of rotatable bonds is 8. The Morgan fingerprint density at radius 1 is 1.16 bits per heavy atom. The van der Waals surface area contributed by atoms with Gasteiger partial charge in [-0.3, -0.25) is 14.5 Å². The first-order valence-corrected chi connectivity index (χ1v) is 8.85. The van der Waals surface area contributed by atoms with Crippen molar-refractivity contribution in [3.63, 3.8) is 0 Å². The van der Waals surface area contributed by atoms with E-state index in [1.165, 1.54) is 10.6 Å². The molecule has 0 radical (unpaired) electrons. The zero-order valence-corrected chi connectivity index (χ0v) is 15.4. The lowest BCUT2D eigenvalue weighted by Gasteiger charge is -2.31. The molecule has 5 nitrogen and oxygen atoms in total. The van der Waals surface area contributed by atoms with Crippen molar-refractivity contribution in [3.05, 3.63) is 69.6 Å². The average Bonchev–Trinajstić information content (AvgIpc) is 2.61. The largest absolute Gasteiger partial charge is 0.353 e. The summed E-state index contributed by atoms with van der Waals surface area (Å²) >= 11 is 6.36. The van der Waals surface area contributed by atoms with E-state index in [0.29, 0.717) is 11.6 Å². The van der Waals surface area contributed by atoms with Crippen molar-refractivity contribution >= 4 is 17.5 Å². The standard InChI is InChI=1S/C19H24ClN3O2/c1-3-22(4-2)17(15-9-5-6-10-16(15)20)13-21-18(24)14-23-12-8-7-11-19(23)25/h5-12,17H,3-4,13-14H2,1-2H3,(H,21,24)/t17-/m1/s1. The van der Waals surface area contributed by atoms with Crippen molar-refractivity contribution in [3.8, 4) is 0 Å². The third kappa shape index (κ3) is 5.18. The molecule has 1 amide bonds. The van der Waals surface area contributed by atoms with Crippen molar-refractivity contribution in [2.75, 3.05) is 19.6 Å². The van der Waals surface area contributed by atoms with E-state index in [0.717, 1.165) is 18.7 Å². The number of benzene rings is 1. The van der Waals surface area contributed by atoms with Crippen LogP contribution in [0.2, 0.25) is 5.02 Å². The van der Waals surface area contributed by atoms with Crippen molar-refractivity contribution in [1.82, 2.24) is 14.8 Å². The molecule has 0 saturated heterocycles. The highest BCUT2D eigenvalue weighted by atomic mass is 35.5. The first kappa shape index (κ1) is 19.2. The lowest BCUT2D eigenvalue weighted by molar-refractivity contribution is -0.122. The fraction of sp³-hybridized carbons (Fsp3) is 0.368. The molecule has 2 rings (SSSR count). The van der Waals surface area contributed by atoms with E-state index < -0.39 is 0 Å². The Bertz CT molecular complexity index is 756. The minimum Gasteiger partial charge on any atom is -0.353 e. The molecule has 1 atom stereocenters. The van der Waals surface area contributed by atoms with Crippen LogP contribution in [0.25, 0.3) is 0 Å². The van der Waals surface area contributed by atoms with E-state index in [9.17, 15) is 9.59 Å². The molecule has 25 heavy (non-hydrogen) atoms. The van der Waals surface area contributed by atoms with Crippen LogP contribution in [0.15, 0.2) is 53.5 Å². The molecule has 1 aromatic carbocycles. The molecule has 0 spiro atoms. The van der Waals surface area contributed by atoms with Gasteiger partial charge in [-0.25, -0.2) is 0 Å². The summed E-state index contributed by atoms with van der Waals surface area (Å²) < 4.78 is 1.39. The van der Waals surface area contributed by atoms with Gasteiger partial charge in [0.2, 0.25) is 5.91 Å². The number of aromatic nitrogens is 1. The highest BCUT2D eigenvalue weighted by Crippen LogP contribution is 2.26. The fourth-order valence-electron chi connectivity index (χ4n) is 2.86. The van der Waals surface area contributed by atoms with Gasteiger partial charge in [-0.05, 0) is 30.8 Å². The first-order chi connectivity index (χ1) is 12.1. The van der Waals surface area contributed by atoms with E-state index in [-0.39, 0.29) is 24.1 Å². The van der Waals surface area contributed by atoms with Crippen LogP contribution in [0.1, 0.15) is 25.5 Å². The number of carbonyl (C=O) groups excluding carboxylic acids is 1. The van der Waals surface area contributed by atoms with Crippen LogP contribution in [-0.4, -0.2) is 35.0 Å². The van der Waals surface area contributed by atoms with Crippen LogP contribution in [0, 0.1) is 0 Å².